The molecule has 1 fully saturated rings. The van der Waals surface area contributed by atoms with Gasteiger partial charge in [0.05, 0.1) is 6.61 Å². The third-order valence-corrected chi connectivity index (χ3v) is 4.76. The number of hydrogen-bond acceptors (Lipinski definition) is 4. The SMILES string of the molecule is CCOC(=O)N1CCN(C(=O)[C@H](CC)Oc2ccc(C(C)(C)C)cc2)CC1. The van der Waals surface area contributed by atoms with Crippen molar-refractivity contribution in [1.82, 2.24) is 9.80 Å². The van der Waals surface area contributed by atoms with E-state index in [-0.39, 0.29) is 17.4 Å². The van der Waals surface area contributed by atoms with Gasteiger partial charge in [-0.15, -0.1) is 0 Å². The van der Waals surface area contributed by atoms with E-state index in [1.807, 2.05) is 31.2 Å². The Morgan fingerprint density at radius 2 is 1.56 bits per heavy atom. The van der Waals surface area contributed by atoms with Gasteiger partial charge in [0.1, 0.15) is 5.75 Å². The summed E-state index contributed by atoms with van der Waals surface area (Å²) < 4.78 is 11.0. The van der Waals surface area contributed by atoms with Crippen molar-refractivity contribution in [2.45, 2.75) is 52.6 Å². The highest BCUT2D eigenvalue weighted by Gasteiger charge is 2.29. The fraction of sp³-hybridized carbons (Fsp3) is 0.619. The third kappa shape index (κ3) is 5.62. The van der Waals surface area contributed by atoms with Crippen LogP contribution in [0.2, 0.25) is 0 Å². The molecule has 0 saturated carbocycles. The van der Waals surface area contributed by atoms with E-state index in [9.17, 15) is 9.59 Å². The monoisotopic (exact) mass is 376 g/mol. The quantitative estimate of drug-likeness (QED) is 0.790. The Balaban J connectivity index is 1.93. The maximum absolute atomic E-state index is 12.8. The minimum atomic E-state index is -0.514. The predicted octanol–water partition coefficient (Wildman–Crippen LogP) is 3.44. The van der Waals surface area contributed by atoms with Crippen LogP contribution in [0.15, 0.2) is 24.3 Å². The molecule has 0 spiro atoms. The zero-order valence-electron chi connectivity index (χ0n) is 17.2. The molecule has 1 aromatic rings. The molecule has 1 saturated heterocycles. The minimum Gasteiger partial charge on any atom is -0.481 e. The molecular weight excluding hydrogens is 344 g/mol. The van der Waals surface area contributed by atoms with Gasteiger partial charge in [0.25, 0.3) is 5.91 Å². The second-order valence-corrected chi connectivity index (χ2v) is 7.80. The highest BCUT2D eigenvalue weighted by Crippen LogP contribution is 2.25. The van der Waals surface area contributed by atoms with Crippen molar-refractivity contribution in [1.29, 1.82) is 0 Å². The minimum absolute atomic E-state index is 0.0269. The molecule has 0 bridgehead atoms. The summed E-state index contributed by atoms with van der Waals surface area (Å²) >= 11 is 0. The summed E-state index contributed by atoms with van der Waals surface area (Å²) in [4.78, 5) is 28.0. The van der Waals surface area contributed by atoms with Gasteiger partial charge in [-0.1, -0.05) is 39.8 Å². The molecule has 150 valence electrons. The number of carbonyl (C=O) groups excluding carboxylic acids is 2. The number of amides is 2. The first kappa shape index (κ1) is 21.1. The number of benzene rings is 1. The van der Waals surface area contributed by atoms with E-state index < -0.39 is 6.10 Å². The van der Waals surface area contributed by atoms with E-state index >= 15 is 0 Å². The van der Waals surface area contributed by atoms with Crippen LogP contribution in [0, 0.1) is 0 Å². The second kappa shape index (κ2) is 9.11. The lowest BCUT2D eigenvalue weighted by molar-refractivity contribution is -0.140. The molecule has 2 rings (SSSR count). The Kier molecular flexibility index (Phi) is 7.11. The molecule has 0 N–H and O–H groups in total. The number of rotatable bonds is 5. The van der Waals surface area contributed by atoms with E-state index in [0.717, 1.165) is 0 Å². The molecule has 2 amide bonds. The van der Waals surface area contributed by atoms with Gasteiger partial charge in [-0.3, -0.25) is 4.79 Å². The van der Waals surface area contributed by atoms with Crippen LogP contribution in [0.25, 0.3) is 0 Å². The summed E-state index contributed by atoms with van der Waals surface area (Å²) in [6.07, 6.45) is -0.232. The van der Waals surface area contributed by atoms with Crippen LogP contribution in [0.1, 0.15) is 46.6 Å². The van der Waals surface area contributed by atoms with Gasteiger partial charge in [0.2, 0.25) is 0 Å². The Morgan fingerprint density at radius 1 is 1.00 bits per heavy atom. The summed E-state index contributed by atoms with van der Waals surface area (Å²) in [6.45, 7) is 12.6. The molecule has 6 heteroatoms. The maximum Gasteiger partial charge on any atom is 0.409 e. The fourth-order valence-electron chi connectivity index (χ4n) is 3.03. The maximum atomic E-state index is 12.8. The van der Waals surface area contributed by atoms with Crippen molar-refractivity contribution in [2.75, 3.05) is 32.8 Å². The average Bonchev–Trinajstić information content (AvgIpc) is 2.65. The molecule has 1 aliphatic rings. The number of nitrogens with zero attached hydrogens (tertiary/aromatic N) is 2. The summed E-state index contributed by atoms with van der Waals surface area (Å²) in [5, 5.41) is 0. The summed E-state index contributed by atoms with van der Waals surface area (Å²) in [6, 6.07) is 7.94. The number of hydrogen-bond donors (Lipinski definition) is 0. The third-order valence-electron chi connectivity index (χ3n) is 4.76. The number of ether oxygens (including phenoxy) is 2. The Labute approximate surface area is 162 Å². The molecule has 1 atom stereocenters. The van der Waals surface area contributed by atoms with Gasteiger partial charge >= 0.3 is 6.09 Å². The largest absolute Gasteiger partial charge is 0.481 e. The van der Waals surface area contributed by atoms with Gasteiger partial charge in [-0.25, -0.2) is 4.79 Å². The predicted molar refractivity (Wildman–Crippen MR) is 105 cm³/mol. The van der Waals surface area contributed by atoms with E-state index in [4.69, 9.17) is 9.47 Å². The fourth-order valence-corrected chi connectivity index (χ4v) is 3.03. The van der Waals surface area contributed by atoms with E-state index in [1.165, 1.54) is 5.56 Å². The van der Waals surface area contributed by atoms with Gasteiger partial charge < -0.3 is 19.3 Å². The Bertz CT molecular complexity index is 629. The first-order valence-electron chi connectivity index (χ1n) is 9.74. The van der Waals surface area contributed by atoms with Crippen molar-refractivity contribution in [3.63, 3.8) is 0 Å². The molecule has 0 radical (unpaired) electrons. The summed E-state index contributed by atoms with van der Waals surface area (Å²) in [7, 11) is 0. The van der Waals surface area contributed by atoms with Gasteiger partial charge in [-0.2, -0.15) is 0 Å². The molecule has 6 nitrogen and oxygen atoms in total. The number of carbonyl (C=O) groups is 2. The molecular formula is C21H32N2O4. The topological polar surface area (TPSA) is 59.1 Å². The van der Waals surface area contributed by atoms with Crippen molar-refractivity contribution >= 4 is 12.0 Å². The van der Waals surface area contributed by atoms with E-state index in [1.54, 1.807) is 16.7 Å². The van der Waals surface area contributed by atoms with Gasteiger partial charge in [0, 0.05) is 26.2 Å². The van der Waals surface area contributed by atoms with Gasteiger partial charge in [0.15, 0.2) is 6.10 Å². The second-order valence-electron chi connectivity index (χ2n) is 7.80. The Hall–Kier alpha value is -2.24. The number of piperazine rings is 1. The van der Waals surface area contributed by atoms with Crippen LogP contribution in [-0.4, -0.2) is 60.7 Å². The lowest BCUT2D eigenvalue weighted by Gasteiger charge is -2.35. The zero-order chi connectivity index (χ0) is 20.0. The highest BCUT2D eigenvalue weighted by atomic mass is 16.6. The van der Waals surface area contributed by atoms with Crippen molar-refractivity contribution in [3.05, 3.63) is 29.8 Å². The lowest BCUT2D eigenvalue weighted by Crippen LogP contribution is -2.53. The first-order chi connectivity index (χ1) is 12.8. The van der Waals surface area contributed by atoms with Crippen molar-refractivity contribution < 1.29 is 19.1 Å². The molecule has 1 aliphatic heterocycles. The van der Waals surface area contributed by atoms with Crippen LogP contribution in [0.3, 0.4) is 0 Å². The zero-order valence-corrected chi connectivity index (χ0v) is 17.2. The molecule has 27 heavy (non-hydrogen) atoms. The smallest absolute Gasteiger partial charge is 0.409 e. The molecule has 1 aromatic carbocycles. The highest BCUT2D eigenvalue weighted by molar-refractivity contribution is 5.81. The molecule has 0 unspecified atom stereocenters. The molecule has 0 aliphatic carbocycles. The van der Waals surface area contributed by atoms with Crippen LogP contribution in [0.4, 0.5) is 4.79 Å². The van der Waals surface area contributed by atoms with Crippen LogP contribution in [0.5, 0.6) is 5.75 Å². The standard InChI is InChI=1S/C21H32N2O4/c1-6-18(27-17-10-8-16(9-11-17)21(3,4)5)19(24)22-12-14-23(15-13-22)20(25)26-7-2/h8-11,18H,6-7,12-15H2,1-5H3/t18-/m0/s1. The summed E-state index contributed by atoms with van der Waals surface area (Å²) in [5.41, 5.74) is 1.31. The molecule has 1 heterocycles. The van der Waals surface area contributed by atoms with Crippen LogP contribution in [-0.2, 0) is 14.9 Å². The van der Waals surface area contributed by atoms with E-state index in [0.29, 0.717) is 45.0 Å². The van der Waals surface area contributed by atoms with Crippen LogP contribution < -0.4 is 4.74 Å². The first-order valence-corrected chi connectivity index (χ1v) is 9.74. The van der Waals surface area contributed by atoms with Crippen molar-refractivity contribution in [2.24, 2.45) is 0 Å². The normalized spacial score (nSPS) is 16.0. The molecule has 0 aromatic heterocycles. The van der Waals surface area contributed by atoms with E-state index in [2.05, 4.69) is 20.8 Å². The summed E-state index contributed by atoms with van der Waals surface area (Å²) in [5.74, 6) is 0.675. The average molecular weight is 376 g/mol. The van der Waals surface area contributed by atoms with Crippen LogP contribution >= 0.6 is 0 Å². The van der Waals surface area contributed by atoms with Gasteiger partial charge in [-0.05, 0) is 36.5 Å². The lowest BCUT2D eigenvalue weighted by atomic mass is 9.87. The Morgan fingerprint density at radius 3 is 2.04 bits per heavy atom. The van der Waals surface area contributed by atoms with Crippen molar-refractivity contribution in [3.8, 4) is 5.75 Å².